The van der Waals surface area contributed by atoms with E-state index in [0.717, 1.165) is 6.42 Å². The number of carbonyl (C=O) groups excluding carboxylic acids is 1. The molecule has 0 aromatic heterocycles. The van der Waals surface area contributed by atoms with Crippen molar-refractivity contribution in [3.8, 4) is 0 Å². The molecule has 1 aromatic rings. The first kappa shape index (κ1) is 14.6. The Morgan fingerprint density at radius 3 is 2.44 bits per heavy atom. The maximum Gasteiger partial charge on any atom is 0.319 e. The average Bonchev–Trinajstić information content (AvgIpc) is 2.34. The third-order valence-corrected chi connectivity index (χ3v) is 2.56. The van der Waals surface area contributed by atoms with Crippen molar-refractivity contribution in [2.24, 2.45) is 0 Å². The zero-order valence-corrected chi connectivity index (χ0v) is 10.6. The summed E-state index contributed by atoms with van der Waals surface area (Å²) in [6, 6.07) is 3.74. The maximum atomic E-state index is 13.5. The number of methoxy groups -OCH3 is 1. The molecule has 1 aromatic carbocycles. The normalized spacial score (nSPS) is 10.7. The van der Waals surface area contributed by atoms with Gasteiger partial charge in [-0.05, 0) is 25.1 Å². The molecule has 0 radical (unpaired) electrons. The van der Waals surface area contributed by atoms with Crippen LogP contribution in [-0.4, -0.2) is 31.1 Å². The molecular formula is C13H17F2NO2. The lowest BCUT2D eigenvalue weighted by Gasteiger charge is -2.20. The standard InChI is InChI=1S/C13H17F2NO2/c1-3-7-16(9-13(17)18-2)8-10-11(14)5-4-6-12(10)15/h4-6H,3,7-9H2,1-2H3. The summed E-state index contributed by atoms with van der Waals surface area (Å²) in [7, 11) is 1.29. The first-order valence-corrected chi connectivity index (χ1v) is 5.80. The van der Waals surface area contributed by atoms with Gasteiger partial charge in [-0.3, -0.25) is 9.69 Å². The van der Waals surface area contributed by atoms with Crippen molar-refractivity contribution in [2.75, 3.05) is 20.2 Å². The van der Waals surface area contributed by atoms with Crippen LogP contribution in [0.4, 0.5) is 8.78 Å². The molecule has 0 unspecified atom stereocenters. The van der Waals surface area contributed by atoms with Gasteiger partial charge in [0.1, 0.15) is 11.6 Å². The Hall–Kier alpha value is -1.49. The second-order valence-corrected chi connectivity index (χ2v) is 3.99. The maximum absolute atomic E-state index is 13.5. The Labute approximate surface area is 105 Å². The summed E-state index contributed by atoms with van der Waals surface area (Å²) in [5.74, 6) is -1.61. The van der Waals surface area contributed by atoms with Gasteiger partial charge in [0.2, 0.25) is 0 Å². The predicted octanol–water partition coefficient (Wildman–Crippen LogP) is 2.35. The first-order valence-electron chi connectivity index (χ1n) is 5.80. The molecule has 0 saturated heterocycles. The van der Waals surface area contributed by atoms with E-state index in [1.54, 1.807) is 4.90 Å². The summed E-state index contributed by atoms with van der Waals surface area (Å²) in [5, 5.41) is 0. The van der Waals surface area contributed by atoms with Crippen LogP contribution in [0.2, 0.25) is 0 Å². The molecule has 100 valence electrons. The molecule has 3 nitrogen and oxygen atoms in total. The monoisotopic (exact) mass is 257 g/mol. The number of esters is 1. The molecule has 0 N–H and O–H groups in total. The van der Waals surface area contributed by atoms with Crippen LogP contribution >= 0.6 is 0 Å². The van der Waals surface area contributed by atoms with Crippen molar-refractivity contribution in [1.29, 1.82) is 0 Å². The minimum atomic E-state index is -0.596. The second kappa shape index (κ2) is 7.06. The van der Waals surface area contributed by atoms with E-state index in [1.165, 1.54) is 25.3 Å². The van der Waals surface area contributed by atoms with Crippen LogP contribution in [0.5, 0.6) is 0 Å². The molecule has 0 saturated carbocycles. The predicted molar refractivity (Wildman–Crippen MR) is 63.9 cm³/mol. The summed E-state index contributed by atoms with van der Waals surface area (Å²) in [6.45, 7) is 2.59. The molecule has 0 fully saturated rings. The smallest absolute Gasteiger partial charge is 0.319 e. The second-order valence-electron chi connectivity index (χ2n) is 3.99. The lowest BCUT2D eigenvalue weighted by Crippen LogP contribution is -2.31. The number of hydrogen-bond donors (Lipinski definition) is 0. The van der Waals surface area contributed by atoms with Gasteiger partial charge in [-0.15, -0.1) is 0 Å². The zero-order valence-electron chi connectivity index (χ0n) is 10.6. The number of ether oxygens (including phenoxy) is 1. The molecule has 0 aliphatic heterocycles. The van der Waals surface area contributed by atoms with Crippen LogP contribution in [0.25, 0.3) is 0 Å². The van der Waals surface area contributed by atoms with Crippen LogP contribution < -0.4 is 0 Å². The third kappa shape index (κ3) is 4.07. The molecule has 0 aliphatic rings. The Balaban J connectivity index is 2.79. The highest BCUT2D eigenvalue weighted by atomic mass is 19.1. The van der Waals surface area contributed by atoms with Gasteiger partial charge in [0.25, 0.3) is 0 Å². The van der Waals surface area contributed by atoms with E-state index in [-0.39, 0.29) is 18.7 Å². The van der Waals surface area contributed by atoms with Crippen molar-refractivity contribution in [2.45, 2.75) is 19.9 Å². The summed E-state index contributed by atoms with van der Waals surface area (Å²) < 4.78 is 31.5. The fourth-order valence-electron chi connectivity index (χ4n) is 1.68. The van der Waals surface area contributed by atoms with E-state index in [1.807, 2.05) is 6.92 Å². The van der Waals surface area contributed by atoms with Crippen molar-refractivity contribution < 1.29 is 18.3 Å². The summed E-state index contributed by atoms with van der Waals surface area (Å²) in [4.78, 5) is 12.9. The first-order chi connectivity index (χ1) is 8.58. The summed E-state index contributed by atoms with van der Waals surface area (Å²) in [6.07, 6.45) is 0.785. The molecule has 0 heterocycles. The Morgan fingerprint density at radius 2 is 1.94 bits per heavy atom. The number of nitrogens with zero attached hydrogens (tertiary/aromatic N) is 1. The highest BCUT2D eigenvalue weighted by Crippen LogP contribution is 2.14. The number of hydrogen-bond acceptors (Lipinski definition) is 3. The minimum absolute atomic E-state index is 0.0187. The third-order valence-electron chi connectivity index (χ3n) is 2.56. The van der Waals surface area contributed by atoms with Gasteiger partial charge in [-0.1, -0.05) is 13.0 Å². The minimum Gasteiger partial charge on any atom is -0.468 e. The topological polar surface area (TPSA) is 29.5 Å². The molecule has 18 heavy (non-hydrogen) atoms. The van der Waals surface area contributed by atoms with E-state index in [0.29, 0.717) is 6.54 Å². The van der Waals surface area contributed by atoms with Crippen molar-refractivity contribution >= 4 is 5.97 Å². The number of rotatable bonds is 6. The SMILES string of the molecule is CCCN(CC(=O)OC)Cc1c(F)cccc1F. The lowest BCUT2D eigenvalue weighted by atomic mass is 10.2. The number of benzene rings is 1. The van der Waals surface area contributed by atoms with Crippen LogP contribution in [0.3, 0.4) is 0 Å². The summed E-state index contributed by atoms with van der Waals surface area (Å²) >= 11 is 0. The van der Waals surface area contributed by atoms with E-state index < -0.39 is 17.6 Å². The van der Waals surface area contributed by atoms with E-state index in [4.69, 9.17) is 0 Å². The fourth-order valence-corrected chi connectivity index (χ4v) is 1.68. The quantitative estimate of drug-likeness (QED) is 0.733. The van der Waals surface area contributed by atoms with Gasteiger partial charge < -0.3 is 4.74 Å². The van der Waals surface area contributed by atoms with Crippen molar-refractivity contribution in [1.82, 2.24) is 4.90 Å². The Kier molecular flexibility index (Phi) is 5.71. The van der Waals surface area contributed by atoms with Gasteiger partial charge in [-0.2, -0.15) is 0 Å². The molecule has 0 amide bonds. The van der Waals surface area contributed by atoms with Crippen molar-refractivity contribution in [3.05, 3.63) is 35.4 Å². The molecule has 1 rings (SSSR count). The van der Waals surface area contributed by atoms with Gasteiger partial charge in [0.05, 0.1) is 13.7 Å². The van der Waals surface area contributed by atoms with Gasteiger partial charge in [-0.25, -0.2) is 8.78 Å². The van der Waals surface area contributed by atoms with E-state index >= 15 is 0 Å². The fraction of sp³-hybridized carbons (Fsp3) is 0.462. The van der Waals surface area contributed by atoms with Gasteiger partial charge >= 0.3 is 5.97 Å². The van der Waals surface area contributed by atoms with Crippen LogP contribution in [0, 0.1) is 11.6 Å². The Morgan fingerprint density at radius 1 is 1.33 bits per heavy atom. The van der Waals surface area contributed by atoms with Crippen LogP contribution in [0.1, 0.15) is 18.9 Å². The number of halogens is 2. The van der Waals surface area contributed by atoms with E-state index in [2.05, 4.69) is 4.74 Å². The van der Waals surface area contributed by atoms with Gasteiger partial charge in [0.15, 0.2) is 0 Å². The summed E-state index contributed by atoms with van der Waals surface area (Å²) in [5.41, 5.74) is -0.0187. The van der Waals surface area contributed by atoms with E-state index in [9.17, 15) is 13.6 Å². The molecule has 0 aliphatic carbocycles. The molecule has 0 bridgehead atoms. The van der Waals surface area contributed by atoms with Crippen LogP contribution in [-0.2, 0) is 16.1 Å². The highest BCUT2D eigenvalue weighted by Gasteiger charge is 2.15. The van der Waals surface area contributed by atoms with Crippen LogP contribution in [0.15, 0.2) is 18.2 Å². The van der Waals surface area contributed by atoms with Gasteiger partial charge in [0, 0.05) is 12.1 Å². The highest BCUT2D eigenvalue weighted by molar-refractivity contribution is 5.71. The zero-order chi connectivity index (χ0) is 13.5. The molecular weight excluding hydrogens is 240 g/mol. The molecule has 5 heteroatoms. The largest absolute Gasteiger partial charge is 0.468 e. The average molecular weight is 257 g/mol. The van der Waals surface area contributed by atoms with Crippen molar-refractivity contribution in [3.63, 3.8) is 0 Å². The number of carbonyl (C=O) groups is 1. The Bertz CT molecular complexity index is 390. The lowest BCUT2D eigenvalue weighted by molar-refractivity contribution is -0.142. The molecule has 0 atom stereocenters. The molecule has 0 spiro atoms.